The van der Waals surface area contributed by atoms with Crippen molar-refractivity contribution in [1.82, 2.24) is 5.32 Å². The molecule has 1 unspecified atom stereocenters. The molecule has 1 atom stereocenters. The van der Waals surface area contributed by atoms with E-state index in [1.807, 2.05) is 6.92 Å². The Labute approximate surface area is 75.4 Å². The van der Waals surface area contributed by atoms with Crippen molar-refractivity contribution >= 4 is 0 Å². The summed E-state index contributed by atoms with van der Waals surface area (Å²) in [6.07, 6.45) is 5.89. The molecule has 0 amide bonds. The maximum atomic E-state index is 9.82. The molecule has 0 bridgehead atoms. The zero-order valence-electron chi connectivity index (χ0n) is 8.27. The summed E-state index contributed by atoms with van der Waals surface area (Å²) in [6, 6.07) is 0.688. The molecular formula is C10H21NO. The molecular weight excluding hydrogens is 150 g/mol. The van der Waals surface area contributed by atoms with Crippen LogP contribution in [0.5, 0.6) is 0 Å². The van der Waals surface area contributed by atoms with Crippen molar-refractivity contribution in [2.24, 2.45) is 0 Å². The summed E-state index contributed by atoms with van der Waals surface area (Å²) in [4.78, 5) is 0. The van der Waals surface area contributed by atoms with Crippen molar-refractivity contribution in [3.63, 3.8) is 0 Å². The fourth-order valence-corrected chi connectivity index (χ4v) is 1.60. The molecule has 0 saturated heterocycles. The van der Waals surface area contributed by atoms with E-state index in [1.165, 1.54) is 19.3 Å². The van der Waals surface area contributed by atoms with E-state index in [0.29, 0.717) is 6.04 Å². The van der Waals surface area contributed by atoms with Crippen LogP contribution in [0.4, 0.5) is 0 Å². The quantitative estimate of drug-likeness (QED) is 0.659. The fraction of sp³-hybridized carbons (Fsp3) is 1.00. The number of nitrogens with one attached hydrogen (secondary N) is 1. The molecule has 2 nitrogen and oxygen atoms in total. The predicted molar refractivity (Wildman–Crippen MR) is 51.2 cm³/mol. The van der Waals surface area contributed by atoms with Gasteiger partial charge in [0.2, 0.25) is 0 Å². The molecule has 2 heteroatoms. The summed E-state index contributed by atoms with van der Waals surface area (Å²) in [7, 11) is 0. The summed E-state index contributed by atoms with van der Waals surface area (Å²) in [5.41, 5.74) is -0.496. The van der Waals surface area contributed by atoms with Crippen LogP contribution in [-0.4, -0.2) is 23.3 Å². The van der Waals surface area contributed by atoms with Gasteiger partial charge in [0.15, 0.2) is 0 Å². The van der Waals surface area contributed by atoms with E-state index < -0.39 is 5.60 Å². The van der Waals surface area contributed by atoms with E-state index in [-0.39, 0.29) is 0 Å². The first kappa shape index (κ1) is 10.0. The van der Waals surface area contributed by atoms with Crippen LogP contribution in [0, 0.1) is 0 Å². The summed E-state index contributed by atoms with van der Waals surface area (Å²) >= 11 is 0. The zero-order valence-corrected chi connectivity index (χ0v) is 8.27. The first-order valence-corrected chi connectivity index (χ1v) is 5.10. The second-order valence-electron chi connectivity index (χ2n) is 4.26. The first-order valence-electron chi connectivity index (χ1n) is 5.10. The van der Waals surface area contributed by atoms with Crippen LogP contribution < -0.4 is 5.32 Å². The molecule has 0 radical (unpaired) electrons. The molecule has 1 rings (SSSR count). The lowest BCUT2D eigenvalue weighted by molar-refractivity contribution is 0.0440. The number of hydrogen-bond donors (Lipinski definition) is 2. The SMILES string of the molecule is CCCC(C)(O)CNC1CCC1. The third kappa shape index (κ3) is 3.11. The van der Waals surface area contributed by atoms with E-state index in [0.717, 1.165) is 19.4 Å². The summed E-state index contributed by atoms with van der Waals surface area (Å²) < 4.78 is 0. The topological polar surface area (TPSA) is 32.3 Å². The van der Waals surface area contributed by atoms with Crippen molar-refractivity contribution < 1.29 is 5.11 Å². The lowest BCUT2D eigenvalue weighted by atomic mass is 9.91. The highest BCUT2D eigenvalue weighted by molar-refractivity contribution is 4.82. The predicted octanol–water partition coefficient (Wildman–Crippen LogP) is 1.68. The fourth-order valence-electron chi connectivity index (χ4n) is 1.60. The van der Waals surface area contributed by atoms with Crippen LogP contribution in [0.3, 0.4) is 0 Å². The molecule has 72 valence electrons. The Kier molecular flexibility index (Phi) is 3.53. The van der Waals surface area contributed by atoms with Crippen LogP contribution in [-0.2, 0) is 0 Å². The van der Waals surface area contributed by atoms with Crippen LogP contribution in [0.1, 0.15) is 46.0 Å². The Morgan fingerprint density at radius 1 is 1.50 bits per heavy atom. The smallest absolute Gasteiger partial charge is 0.0743 e. The van der Waals surface area contributed by atoms with Gasteiger partial charge in [0.25, 0.3) is 0 Å². The lowest BCUT2D eigenvalue weighted by Crippen LogP contribution is -2.45. The van der Waals surface area contributed by atoms with Crippen molar-refractivity contribution in [2.45, 2.75) is 57.6 Å². The van der Waals surface area contributed by atoms with E-state index in [9.17, 15) is 5.11 Å². The van der Waals surface area contributed by atoms with Crippen LogP contribution >= 0.6 is 0 Å². The largest absolute Gasteiger partial charge is 0.389 e. The molecule has 1 aliphatic carbocycles. The van der Waals surface area contributed by atoms with Gasteiger partial charge >= 0.3 is 0 Å². The minimum Gasteiger partial charge on any atom is -0.389 e. The Morgan fingerprint density at radius 3 is 2.58 bits per heavy atom. The average molecular weight is 171 g/mol. The summed E-state index contributed by atoms with van der Waals surface area (Å²) in [5, 5.41) is 13.2. The highest BCUT2D eigenvalue weighted by atomic mass is 16.3. The van der Waals surface area contributed by atoms with Crippen LogP contribution in [0.15, 0.2) is 0 Å². The second-order valence-corrected chi connectivity index (χ2v) is 4.26. The summed E-state index contributed by atoms with van der Waals surface area (Å²) in [5.74, 6) is 0. The molecule has 12 heavy (non-hydrogen) atoms. The van der Waals surface area contributed by atoms with Gasteiger partial charge in [-0.25, -0.2) is 0 Å². The molecule has 1 aliphatic rings. The molecule has 1 saturated carbocycles. The molecule has 0 aromatic rings. The highest BCUT2D eigenvalue weighted by Gasteiger charge is 2.23. The van der Waals surface area contributed by atoms with Gasteiger partial charge in [-0.1, -0.05) is 19.8 Å². The normalized spacial score (nSPS) is 23.2. The van der Waals surface area contributed by atoms with Gasteiger partial charge in [0, 0.05) is 12.6 Å². The van der Waals surface area contributed by atoms with E-state index >= 15 is 0 Å². The third-order valence-corrected chi connectivity index (χ3v) is 2.67. The molecule has 0 aromatic carbocycles. The monoisotopic (exact) mass is 171 g/mol. The zero-order chi connectivity index (χ0) is 9.03. The van der Waals surface area contributed by atoms with E-state index in [4.69, 9.17) is 0 Å². The van der Waals surface area contributed by atoms with E-state index in [1.54, 1.807) is 0 Å². The Morgan fingerprint density at radius 2 is 2.17 bits per heavy atom. The Bertz CT molecular complexity index is 130. The first-order chi connectivity index (χ1) is 5.64. The molecule has 1 fully saturated rings. The van der Waals surface area contributed by atoms with Crippen molar-refractivity contribution in [1.29, 1.82) is 0 Å². The second kappa shape index (κ2) is 4.24. The van der Waals surface area contributed by atoms with Crippen molar-refractivity contribution in [2.75, 3.05) is 6.54 Å². The third-order valence-electron chi connectivity index (χ3n) is 2.67. The van der Waals surface area contributed by atoms with Crippen molar-refractivity contribution in [3.8, 4) is 0 Å². The highest BCUT2D eigenvalue weighted by Crippen LogP contribution is 2.19. The minimum atomic E-state index is -0.496. The van der Waals surface area contributed by atoms with Gasteiger partial charge in [-0.2, -0.15) is 0 Å². The van der Waals surface area contributed by atoms with Gasteiger partial charge in [0.1, 0.15) is 0 Å². The standard InChI is InChI=1S/C10H21NO/c1-3-7-10(2,12)8-11-9-5-4-6-9/h9,11-12H,3-8H2,1-2H3. The molecule has 0 spiro atoms. The number of aliphatic hydroxyl groups is 1. The summed E-state index contributed by atoms with van der Waals surface area (Å²) in [6.45, 7) is 4.78. The molecule has 0 heterocycles. The molecule has 0 aliphatic heterocycles. The number of hydrogen-bond acceptors (Lipinski definition) is 2. The van der Waals surface area contributed by atoms with Gasteiger partial charge in [0.05, 0.1) is 5.60 Å². The molecule has 2 N–H and O–H groups in total. The van der Waals surface area contributed by atoms with Crippen molar-refractivity contribution in [3.05, 3.63) is 0 Å². The molecule has 0 aromatic heterocycles. The van der Waals surface area contributed by atoms with Crippen LogP contribution in [0.2, 0.25) is 0 Å². The Balaban J connectivity index is 2.10. The van der Waals surface area contributed by atoms with E-state index in [2.05, 4.69) is 12.2 Å². The van der Waals surface area contributed by atoms with Gasteiger partial charge < -0.3 is 10.4 Å². The maximum Gasteiger partial charge on any atom is 0.0743 e. The van der Waals surface area contributed by atoms with Gasteiger partial charge in [-0.15, -0.1) is 0 Å². The average Bonchev–Trinajstić information content (AvgIpc) is 1.82. The lowest BCUT2D eigenvalue weighted by Gasteiger charge is -2.31. The maximum absolute atomic E-state index is 9.82. The minimum absolute atomic E-state index is 0.496. The van der Waals surface area contributed by atoms with Gasteiger partial charge in [-0.3, -0.25) is 0 Å². The van der Waals surface area contributed by atoms with Gasteiger partial charge in [-0.05, 0) is 26.2 Å². The Hall–Kier alpha value is -0.0800. The van der Waals surface area contributed by atoms with Crippen LogP contribution in [0.25, 0.3) is 0 Å². The number of rotatable bonds is 5.